The van der Waals surface area contributed by atoms with Crippen LogP contribution in [-0.2, 0) is 9.59 Å². The first-order valence-corrected chi connectivity index (χ1v) is 8.03. The summed E-state index contributed by atoms with van der Waals surface area (Å²) in [5.41, 5.74) is 0.155. The Morgan fingerprint density at radius 1 is 1.07 bits per heavy atom. The fraction of sp³-hybridized carbons (Fsp3) is 0.111. The molecule has 1 aliphatic rings. The average molecular weight is 389 g/mol. The molecule has 0 atom stereocenters. The number of amides is 4. The van der Waals surface area contributed by atoms with Crippen LogP contribution < -0.4 is 0 Å². The topological polar surface area (TPSA) is 108 Å². The van der Waals surface area contributed by atoms with Gasteiger partial charge in [-0.05, 0) is 36.4 Å². The Morgan fingerprint density at radius 2 is 1.70 bits per heavy atom. The van der Waals surface area contributed by atoms with Crippen LogP contribution in [0.15, 0.2) is 40.3 Å². The van der Waals surface area contributed by atoms with E-state index in [1.54, 1.807) is 0 Å². The number of imide groups is 2. The van der Waals surface area contributed by atoms with E-state index >= 15 is 0 Å². The fourth-order valence-electron chi connectivity index (χ4n) is 2.54. The SMILES string of the molecule is CN1C(=O)C(=Cc2ccc(-c3cc(C(=O)O)ccc3Cl)o2)C(=O)N(C)C1=O. The van der Waals surface area contributed by atoms with Gasteiger partial charge in [0.25, 0.3) is 11.8 Å². The summed E-state index contributed by atoms with van der Waals surface area (Å²) in [6.07, 6.45) is 1.22. The van der Waals surface area contributed by atoms with E-state index in [4.69, 9.17) is 21.1 Å². The number of urea groups is 1. The second kappa shape index (κ2) is 6.73. The second-order valence-corrected chi connectivity index (χ2v) is 6.18. The van der Waals surface area contributed by atoms with Crippen molar-refractivity contribution < 1.29 is 28.7 Å². The Morgan fingerprint density at radius 3 is 2.30 bits per heavy atom. The normalized spacial score (nSPS) is 14.8. The summed E-state index contributed by atoms with van der Waals surface area (Å²) >= 11 is 6.11. The molecule has 9 heteroatoms. The van der Waals surface area contributed by atoms with Crippen molar-refractivity contribution in [1.29, 1.82) is 0 Å². The molecule has 1 aliphatic heterocycles. The van der Waals surface area contributed by atoms with Gasteiger partial charge in [0.15, 0.2) is 0 Å². The van der Waals surface area contributed by atoms with Crippen molar-refractivity contribution in [2.24, 2.45) is 0 Å². The number of hydrogen-bond donors (Lipinski definition) is 1. The molecule has 1 aromatic heterocycles. The molecule has 0 bridgehead atoms. The number of rotatable bonds is 3. The molecule has 2 aromatic rings. The van der Waals surface area contributed by atoms with Gasteiger partial charge in [0.2, 0.25) is 0 Å². The first kappa shape index (κ1) is 18.4. The summed E-state index contributed by atoms with van der Waals surface area (Å²) in [5, 5.41) is 9.38. The fourth-order valence-corrected chi connectivity index (χ4v) is 2.75. The van der Waals surface area contributed by atoms with Crippen LogP contribution in [0, 0.1) is 0 Å². The number of carbonyl (C=O) groups is 4. The number of likely N-dealkylation sites (N-methyl/N-ethyl adjacent to an activating group) is 2. The lowest BCUT2D eigenvalue weighted by molar-refractivity contribution is -0.134. The van der Waals surface area contributed by atoms with E-state index in [0.29, 0.717) is 5.56 Å². The van der Waals surface area contributed by atoms with Crippen LogP contribution in [-0.4, -0.2) is 52.8 Å². The van der Waals surface area contributed by atoms with E-state index in [-0.39, 0.29) is 27.7 Å². The van der Waals surface area contributed by atoms with Gasteiger partial charge in [-0.3, -0.25) is 19.4 Å². The summed E-state index contributed by atoms with van der Waals surface area (Å²) in [7, 11) is 2.54. The zero-order valence-corrected chi connectivity index (χ0v) is 15.0. The monoisotopic (exact) mass is 388 g/mol. The van der Waals surface area contributed by atoms with Gasteiger partial charge in [0, 0.05) is 19.7 Å². The van der Waals surface area contributed by atoms with Gasteiger partial charge in [-0.25, -0.2) is 9.59 Å². The number of furan rings is 1. The zero-order valence-electron chi connectivity index (χ0n) is 14.2. The highest BCUT2D eigenvalue weighted by atomic mass is 35.5. The molecule has 2 heterocycles. The third-order valence-corrected chi connectivity index (χ3v) is 4.37. The number of halogens is 1. The van der Waals surface area contributed by atoms with Crippen molar-refractivity contribution in [1.82, 2.24) is 9.80 Å². The lowest BCUT2D eigenvalue weighted by Crippen LogP contribution is -2.52. The highest BCUT2D eigenvalue weighted by molar-refractivity contribution is 6.33. The minimum atomic E-state index is -1.11. The predicted molar refractivity (Wildman–Crippen MR) is 95.0 cm³/mol. The molecule has 27 heavy (non-hydrogen) atoms. The number of hydrogen-bond acceptors (Lipinski definition) is 5. The molecule has 1 fully saturated rings. The highest BCUT2D eigenvalue weighted by Gasteiger charge is 2.38. The number of nitrogens with zero attached hydrogens (tertiary/aromatic N) is 2. The van der Waals surface area contributed by atoms with Crippen LogP contribution in [0.25, 0.3) is 17.4 Å². The van der Waals surface area contributed by atoms with E-state index in [9.17, 15) is 19.2 Å². The molecule has 0 unspecified atom stereocenters. The van der Waals surface area contributed by atoms with Crippen LogP contribution >= 0.6 is 11.6 Å². The molecule has 4 amide bonds. The molecule has 8 nitrogen and oxygen atoms in total. The molecular formula is C18H13ClN2O6. The molecule has 0 aliphatic carbocycles. The summed E-state index contributed by atoms with van der Waals surface area (Å²) in [6, 6.07) is 6.47. The second-order valence-electron chi connectivity index (χ2n) is 5.77. The number of aromatic carboxylic acids is 1. The number of carboxylic acids is 1. The van der Waals surface area contributed by atoms with Crippen molar-refractivity contribution in [2.75, 3.05) is 14.1 Å². The quantitative estimate of drug-likeness (QED) is 0.639. The van der Waals surface area contributed by atoms with Gasteiger partial charge < -0.3 is 9.52 Å². The van der Waals surface area contributed by atoms with Gasteiger partial charge in [0.1, 0.15) is 17.1 Å². The van der Waals surface area contributed by atoms with Crippen molar-refractivity contribution in [3.63, 3.8) is 0 Å². The number of carbonyl (C=O) groups excluding carboxylic acids is 3. The smallest absolute Gasteiger partial charge is 0.335 e. The maximum Gasteiger partial charge on any atom is 0.335 e. The molecule has 1 saturated heterocycles. The van der Waals surface area contributed by atoms with Crippen molar-refractivity contribution >= 4 is 41.5 Å². The molecule has 0 spiro atoms. The molecule has 138 valence electrons. The highest BCUT2D eigenvalue weighted by Crippen LogP contribution is 2.31. The summed E-state index contributed by atoms with van der Waals surface area (Å²) in [5.74, 6) is -2.16. The maximum atomic E-state index is 12.2. The van der Waals surface area contributed by atoms with E-state index in [2.05, 4.69) is 0 Å². The third kappa shape index (κ3) is 3.22. The van der Waals surface area contributed by atoms with E-state index in [0.717, 1.165) is 9.80 Å². The van der Waals surface area contributed by atoms with Crippen LogP contribution in [0.3, 0.4) is 0 Å². The summed E-state index contributed by atoms with van der Waals surface area (Å²) in [6.45, 7) is 0. The van der Waals surface area contributed by atoms with Gasteiger partial charge in [-0.2, -0.15) is 0 Å². The largest absolute Gasteiger partial charge is 0.478 e. The molecule has 1 N–H and O–H groups in total. The number of barbiturate groups is 1. The van der Waals surface area contributed by atoms with E-state index in [1.165, 1.54) is 50.5 Å². The lowest BCUT2D eigenvalue weighted by atomic mass is 10.1. The minimum Gasteiger partial charge on any atom is -0.478 e. The third-order valence-electron chi connectivity index (χ3n) is 4.04. The van der Waals surface area contributed by atoms with Gasteiger partial charge in [0.05, 0.1) is 10.6 Å². The summed E-state index contributed by atoms with van der Waals surface area (Å²) in [4.78, 5) is 48.9. The van der Waals surface area contributed by atoms with Gasteiger partial charge in [-0.1, -0.05) is 11.6 Å². The maximum absolute atomic E-state index is 12.2. The van der Waals surface area contributed by atoms with Crippen LogP contribution in [0.5, 0.6) is 0 Å². The molecular weight excluding hydrogens is 376 g/mol. The molecule has 1 aromatic carbocycles. The summed E-state index contributed by atoms with van der Waals surface area (Å²) < 4.78 is 5.60. The van der Waals surface area contributed by atoms with Gasteiger partial charge in [-0.15, -0.1) is 0 Å². The predicted octanol–water partition coefficient (Wildman–Crippen LogP) is 2.73. The van der Waals surface area contributed by atoms with Crippen LogP contribution in [0.1, 0.15) is 16.1 Å². The van der Waals surface area contributed by atoms with Crippen molar-refractivity contribution in [2.45, 2.75) is 0 Å². The Labute approximate surface area is 158 Å². The van der Waals surface area contributed by atoms with E-state index in [1.807, 2.05) is 0 Å². The van der Waals surface area contributed by atoms with Crippen LogP contribution in [0.2, 0.25) is 5.02 Å². The Bertz CT molecular complexity index is 997. The zero-order chi connectivity index (χ0) is 19.9. The standard InChI is InChI=1S/C18H13ClN2O6/c1-20-15(22)12(16(23)21(2)18(20)26)8-10-4-6-14(27-10)11-7-9(17(24)25)3-5-13(11)19/h3-8H,1-2H3,(H,24,25). The minimum absolute atomic E-state index is 0.0325. The molecule has 0 radical (unpaired) electrons. The Balaban J connectivity index is 1.99. The average Bonchev–Trinajstić information content (AvgIpc) is 3.10. The first-order chi connectivity index (χ1) is 12.7. The molecule has 3 rings (SSSR count). The molecule has 0 saturated carbocycles. The Kier molecular flexibility index (Phi) is 4.59. The number of benzene rings is 1. The van der Waals surface area contributed by atoms with Gasteiger partial charge >= 0.3 is 12.0 Å². The Hall–Kier alpha value is -3.39. The number of carboxylic acid groups (broad SMARTS) is 1. The van der Waals surface area contributed by atoms with Crippen molar-refractivity contribution in [3.05, 3.63) is 52.3 Å². The lowest BCUT2D eigenvalue weighted by Gasteiger charge is -2.28. The van der Waals surface area contributed by atoms with Crippen LogP contribution in [0.4, 0.5) is 4.79 Å². The van der Waals surface area contributed by atoms with Crippen molar-refractivity contribution in [3.8, 4) is 11.3 Å². The first-order valence-electron chi connectivity index (χ1n) is 7.65. The van der Waals surface area contributed by atoms with E-state index < -0.39 is 23.8 Å².